The minimum Gasteiger partial charge on any atom is -0.465 e. The van der Waals surface area contributed by atoms with Crippen molar-refractivity contribution in [3.05, 3.63) is 89.9 Å². The van der Waals surface area contributed by atoms with Gasteiger partial charge >= 0.3 is 0 Å². The number of furan rings is 1. The monoisotopic (exact) mass is 409 g/mol. The molecule has 29 heavy (non-hydrogen) atoms. The van der Waals surface area contributed by atoms with Gasteiger partial charge in [0, 0.05) is 6.26 Å². The van der Waals surface area contributed by atoms with Gasteiger partial charge in [-0.15, -0.1) is 0 Å². The lowest BCUT2D eigenvalue weighted by Crippen LogP contribution is -2.29. The lowest BCUT2D eigenvalue weighted by atomic mass is 10.0. The van der Waals surface area contributed by atoms with E-state index in [1.807, 2.05) is 37.3 Å². The summed E-state index contributed by atoms with van der Waals surface area (Å²) in [4.78, 5) is 13.4. The van der Waals surface area contributed by atoms with Crippen LogP contribution in [0.15, 0.2) is 82.3 Å². The van der Waals surface area contributed by atoms with Crippen LogP contribution in [0.1, 0.15) is 36.3 Å². The van der Waals surface area contributed by atoms with E-state index in [9.17, 15) is 13.2 Å². The van der Waals surface area contributed by atoms with Crippen LogP contribution in [0.25, 0.3) is 11.6 Å². The van der Waals surface area contributed by atoms with Gasteiger partial charge < -0.3 is 9.73 Å². The predicted octanol–water partition coefficient (Wildman–Crippen LogP) is 4.49. The molecule has 5 nitrogen and oxygen atoms in total. The van der Waals surface area contributed by atoms with E-state index in [0.717, 1.165) is 11.1 Å². The van der Waals surface area contributed by atoms with Crippen molar-refractivity contribution in [3.8, 4) is 0 Å². The molecule has 0 fully saturated rings. The van der Waals surface area contributed by atoms with Crippen molar-refractivity contribution in [2.24, 2.45) is 0 Å². The van der Waals surface area contributed by atoms with Crippen LogP contribution in [0.5, 0.6) is 0 Å². The highest BCUT2D eigenvalue weighted by Gasteiger charge is 2.18. The molecule has 3 aromatic rings. The standard InChI is InChI=1S/C23H23NO4S/c1-3-22(18-11-13-20(14-12-18)29(2,26)27)24-23(25)21(16-19-10-7-15-28-19)17-8-5-4-6-9-17/h4-16,22H,3H2,1-2H3,(H,24,25)/b21-16+. The zero-order chi connectivity index (χ0) is 20.9. The van der Waals surface area contributed by atoms with Crippen LogP contribution >= 0.6 is 0 Å². The van der Waals surface area contributed by atoms with Gasteiger partial charge in [-0.1, -0.05) is 49.4 Å². The quantitative estimate of drug-likeness (QED) is 0.583. The predicted molar refractivity (Wildman–Crippen MR) is 114 cm³/mol. The number of carbonyl (C=O) groups is 1. The molecule has 2 aromatic carbocycles. The maximum absolute atomic E-state index is 13.1. The van der Waals surface area contributed by atoms with Crippen LogP contribution in [-0.2, 0) is 14.6 Å². The summed E-state index contributed by atoms with van der Waals surface area (Å²) in [5.74, 6) is 0.358. The smallest absolute Gasteiger partial charge is 0.252 e. The number of sulfone groups is 1. The first-order chi connectivity index (χ1) is 13.9. The number of hydrogen-bond acceptors (Lipinski definition) is 4. The minimum atomic E-state index is -3.26. The maximum atomic E-state index is 13.1. The van der Waals surface area contributed by atoms with Gasteiger partial charge in [-0.25, -0.2) is 8.42 Å². The molecule has 0 radical (unpaired) electrons. The summed E-state index contributed by atoms with van der Waals surface area (Å²) < 4.78 is 28.7. The van der Waals surface area contributed by atoms with Gasteiger partial charge in [0.25, 0.3) is 5.91 Å². The molecule has 1 unspecified atom stereocenters. The van der Waals surface area contributed by atoms with E-state index in [1.54, 1.807) is 48.7 Å². The minimum absolute atomic E-state index is 0.230. The van der Waals surface area contributed by atoms with Crippen molar-refractivity contribution in [1.82, 2.24) is 5.32 Å². The van der Waals surface area contributed by atoms with Crippen LogP contribution in [-0.4, -0.2) is 20.6 Å². The molecular formula is C23H23NO4S. The second kappa shape index (κ2) is 8.92. The molecular weight excluding hydrogens is 386 g/mol. The average molecular weight is 410 g/mol. The van der Waals surface area contributed by atoms with Crippen LogP contribution in [0.2, 0.25) is 0 Å². The molecule has 1 N–H and O–H groups in total. The number of benzene rings is 2. The second-order valence-corrected chi connectivity index (χ2v) is 8.73. The first-order valence-electron chi connectivity index (χ1n) is 9.30. The summed E-state index contributed by atoms with van der Waals surface area (Å²) in [6.45, 7) is 1.97. The highest BCUT2D eigenvalue weighted by molar-refractivity contribution is 7.90. The largest absolute Gasteiger partial charge is 0.465 e. The Kier molecular flexibility index (Phi) is 6.34. The summed E-state index contributed by atoms with van der Waals surface area (Å²) in [5.41, 5.74) is 2.12. The summed E-state index contributed by atoms with van der Waals surface area (Å²) in [6, 6.07) is 19.3. The Labute approximate surface area is 171 Å². The average Bonchev–Trinajstić information content (AvgIpc) is 3.23. The van der Waals surface area contributed by atoms with Crippen molar-refractivity contribution in [3.63, 3.8) is 0 Å². The van der Waals surface area contributed by atoms with Crippen molar-refractivity contribution >= 4 is 27.4 Å². The van der Waals surface area contributed by atoms with Crippen molar-refractivity contribution in [2.75, 3.05) is 6.26 Å². The van der Waals surface area contributed by atoms with Gasteiger partial charge in [-0.2, -0.15) is 0 Å². The van der Waals surface area contributed by atoms with E-state index in [2.05, 4.69) is 5.32 Å². The lowest BCUT2D eigenvalue weighted by molar-refractivity contribution is -0.116. The van der Waals surface area contributed by atoms with E-state index in [-0.39, 0.29) is 16.8 Å². The van der Waals surface area contributed by atoms with E-state index in [4.69, 9.17) is 4.42 Å². The van der Waals surface area contributed by atoms with Gasteiger partial charge in [0.2, 0.25) is 0 Å². The Bertz CT molecular complexity index is 1080. The second-order valence-electron chi connectivity index (χ2n) is 6.71. The van der Waals surface area contributed by atoms with Gasteiger partial charge in [-0.05, 0) is 47.9 Å². The molecule has 1 amide bonds. The summed E-state index contributed by atoms with van der Waals surface area (Å²) in [7, 11) is -3.26. The van der Waals surface area contributed by atoms with Crippen molar-refractivity contribution in [2.45, 2.75) is 24.3 Å². The Morgan fingerprint density at radius 2 is 1.72 bits per heavy atom. The van der Waals surface area contributed by atoms with Crippen LogP contribution < -0.4 is 5.32 Å². The molecule has 0 aliphatic carbocycles. The van der Waals surface area contributed by atoms with E-state index < -0.39 is 9.84 Å². The third-order valence-corrected chi connectivity index (χ3v) is 5.71. The molecule has 0 saturated heterocycles. The van der Waals surface area contributed by atoms with Crippen LogP contribution in [0.3, 0.4) is 0 Å². The number of rotatable bonds is 7. The Hall–Kier alpha value is -3.12. The Balaban J connectivity index is 1.88. The maximum Gasteiger partial charge on any atom is 0.252 e. The van der Waals surface area contributed by atoms with Crippen LogP contribution in [0, 0.1) is 0 Å². The fourth-order valence-electron chi connectivity index (χ4n) is 3.02. The molecule has 0 aliphatic heterocycles. The molecule has 0 spiro atoms. The first-order valence-corrected chi connectivity index (χ1v) is 11.2. The zero-order valence-corrected chi connectivity index (χ0v) is 17.1. The fourth-order valence-corrected chi connectivity index (χ4v) is 3.65. The summed E-state index contributed by atoms with van der Waals surface area (Å²) in [6.07, 6.45) is 5.11. The SMILES string of the molecule is CCC(NC(=O)/C(=C/c1ccco1)c1ccccc1)c1ccc(S(C)(=O)=O)cc1. The van der Waals surface area contributed by atoms with Crippen molar-refractivity contribution < 1.29 is 17.6 Å². The number of amides is 1. The Morgan fingerprint density at radius 3 is 2.28 bits per heavy atom. The van der Waals surface area contributed by atoms with Gasteiger partial charge in [-0.3, -0.25) is 4.79 Å². The molecule has 3 rings (SSSR count). The lowest BCUT2D eigenvalue weighted by Gasteiger charge is -2.19. The number of carbonyl (C=O) groups excluding carboxylic acids is 1. The van der Waals surface area contributed by atoms with Gasteiger partial charge in [0.05, 0.1) is 22.8 Å². The Morgan fingerprint density at radius 1 is 1.03 bits per heavy atom. The third kappa shape index (κ3) is 5.23. The highest BCUT2D eigenvalue weighted by Crippen LogP contribution is 2.23. The summed E-state index contributed by atoms with van der Waals surface area (Å²) in [5, 5.41) is 3.05. The normalized spacial score (nSPS) is 13.1. The molecule has 1 atom stereocenters. The number of nitrogens with one attached hydrogen (secondary N) is 1. The molecule has 0 bridgehead atoms. The van der Waals surface area contributed by atoms with E-state index in [0.29, 0.717) is 17.8 Å². The molecule has 1 heterocycles. The number of hydrogen-bond donors (Lipinski definition) is 1. The van der Waals surface area contributed by atoms with E-state index >= 15 is 0 Å². The first kappa shape index (κ1) is 20.6. The van der Waals surface area contributed by atoms with Gasteiger partial charge in [0.15, 0.2) is 9.84 Å². The third-order valence-electron chi connectivity index (χ3n) is 4.58. The van der Waals surface area contributed by atoms with E-state index in [1.165, 1.54) is 6.26 Å². The molecule has 1 aromatic heterocycles. The van der Waals surface area contributed by atoms with Gasteiger partial charge in [0.1, 0.15) is 5.76 Å². The summed E-state index contributed by atoms with van der Waals surface area (Å²) >= 11 is 0. The molecule has 150 valence electrons. The van der Waals surface area contributed by atoms with Crippen molar-refractivity contribution in [1.29, 1.82) is 0 Å². The molecule has 6 heteroatoms. The zero-order valence-electron chi connectivity index (χ0n) is 16.3. The molecule has 0 saturated carbocycles. The fraction of sp³-hybridized carbons (Fsp3) is 0.174. The highest BCUT2D eigenvalue weighted by atomic mass is 32.2. The van der Waals surface area contributed by atoms with Crippen LogP contribution in [0.4, 0.5) is 0 Å². The topological polar surface area (TPSA) is 76.4 Å². The molecule has 0 aliphatic rings.